The normalized spacial score (nSPS) is 11.2. The Balaban J connectivity index is 1.60. The van der Waals surface area contributed by atoms with Gasteiger partial charge in [0.25, 0.3) is 5.56 Å². The van der Waals surface area contributed by atoms with Gasteiger partial charge in [-0.05, 0) is 31.2 Å². The van der Waals surface area contributed by atoms with Crippen LogP contribution in [0.4, 0.5) is 0 Å². The van der Waals surface area contributed by atoms with Gasteiger partial charge in [-0.2, -0.15) is 0 Å². The zero-order valence-corrected chi connectivity index (χ0v) is 14.5. The molecule has 0 spiro atoms. The average Bonchev–Trinajstić information content (AvgIpc) is 2.96. The van der Waals surface area contributed by atoms with E-state index in [2.05, 4.69) is 9.97 Å². The number of fused-ring (bicyclic) bond motifs is 2. The van der Waals surface area contributed by atoms with Crippen LogP contribution in [0.3, 0.4) is 0 Å². The maximum Gasteiger partial charge on any atom is 0.375 e. The first-order chi connectivity index (χ1) is 12.5. The Morgan fingerprint density at radius 2 is 2.04 bits per heavy atom. The number of carbonyl (C=O) groups is 1. The number of nitrogens with one attached hydrogen (secondary N) is 1. The maximum absolute atomic E-state index is 12.4. The molecule has 0 fully saturated rings. The van der Waals surface area contributed by atoms with Gasteiger partial charge < -0.3 is 14.1 Å². The molecule has 0 bridgehead atoms. The van der Waals surface area contributed by atoms with Crippen molar-refractivity contribution in [3.63, 3.8) is 0 Å². The Bertz CT molecular complexity index is 1210. The topological polar surface area (TPSA) is 85.2 Å². The van der Waals surface area contributed by atoms with Gasteiger partial charge in [0.2, 0.25) is 5.76 Å². The minimum Gasteiger partial charge on any atom is -0.452 e. The molecule has 2 aromatic heterocycles. The van der Waals surface area contributed by atoms with Crippen LogP contribution in [0.5, 0.6) is 0 Å². The largest absolute Gasteiger partial charge is 0.452 e. The standard InChI is InChI=1S/C19H13ClN2O4/c1-10-12-4-2-3-5-15(12)26-17(10)19(24)25-9-16-21-14-8-11(20)6-7-13(14)18(23)22-16/h2-8H,9H2,1H3,(H,21,22,23). The molecule has 4 rings (SSSR count). The third-order valence-electron chi connectivity index (χ3n) is 4.09. The van der Waals surface area contributed by atoms with E-state index in [-0.39, 0.29) is 23.8 Å². The Morgan fingerprint density at radius 3 is 2.85 bits per heavy atom. The SMILES string of the molecule is Cc1c(C(=O)OCc2nc3cc(Cl)ccc3c(=O)[nH]2)oc2ccccc12. The molecule has 0 aliphatic heterocycles. The van der Waals surface area contributed by atoms with E-state index in [9.17, 15) is 9.59 Å². The highest BCUT2D eigenvalue weighted by molar-refractivity contribution is 6.31. The van der Waals surface area contributed by atoms with Crippen molar-refractivity contribution in [1.29, 1.82) is 0 Å². The number of aryl methyl sites for hydroxylation is 1. The summed E-state index contributed by atoms with van der Waals surface area (Å²) >= 11 is 5.94. The summed E-state index contributed by atoms with van der Waals surface area (Å²) in [6.45, 7) is 1.60. The molecule has 7 heteroatoms. The van der Waals surface area contributed by atoms with Gasteiger partial charge in [0, 0.05) is 16.0 Å². The minimum atomic E-state index is -0.618. The second-order valence-electron chi connectivity index (χ2n) is 5.80. The van der Waals surface area contributed by atoms with Crippen molar-refractivity contribution >= 4 is 39.4 Å². The smallest absolute Gasteiger partial charge is 0.375 e. The van der Waals surface area contributed by atoms with Crippen molar-refractivity contribution in [3.8, 4) is 0 Å². The molecule has 0 unspecified atom stereocenters. The zero-order chi connectivity index (χ0) is 18.3. The van der Waals surface area contributed by atoms with E-state index in [0.717, 1.165) is 5.39 Å². The van der Waals surface area contributed by atoms with Crippen LogP contribution in [0.15, 0.2) is 51.7 Å². The van der Waals surface area contributed by atoms with Crippen LogP contribution in [0.1, 0.15) is 21.9 Å². The van der Waals surface area contributed by atoms with Crippen LogP contribution >= 0.6 is 11.6 Å². The number of nitrogens with zero attached hydrogens (tertiary/aromatic N) is 1. The van der Waals surface area contributed by atoms with Crippen LogP contribution in [0.25, 0.3) is 21.9 Å². The molecule has 0 saturated heterocycles. The number of H-pyrrole nitrogens is 1. The van der Waals surface area contributed by atoms with Crippen molar-refractivity contribution in [2.75, 3.05) is 0 Å². The summed E-state index contributed by atoms with van der Waals surface area (Å²) in [7, 11) is 0. The number of carbonyl (C=O) groups excluding carboxylic acids is 1. The van der Waals surface area contributed by atoms with Gasteiger partial charge in [0.15, 0.2) is 0 Å². The van der Waals surface area contributed by atoms with E-state index in [0.29, 0.717) is 27.1 Å². The molecular weight excluding hydrogens is 356 g/mol. The Kier molecular flexibility index (Phi) is 3.97. The molecule has 4 aromatic rings. The number of rotatable bonds is 3. The maximum atomic E-state index is 12.4. The van der Waals surface area contributed by atoms with Crippen LogP contribution in [0, 0.1) is 6.92 Å². The Labute approximate surface area is 152 Å². The first-order valence-corrected chi connectivity index (χ1v) is 8.24. The molecule has 130 valence electrons. The van der Waals surface area contributed by atoms with Gasteiger partial charge in [-0.25, -0.2) is 9.78 Å². The third kappa shape index (κ3) is 2.84. The van der Waals surface area contributed by atoms with Gasteiger partial charge in [0.05, 0.1) is 10.9 Å². The molecule has 0 amide bonds. The second kappa shape index (κ2) is 6.31. The summed E-state index contributed by atoms with van der Waals surface area (Å²) in [5, 5.41) is 1.74. The fourth-order valence-electron chi connectivity index (χ4n) is 2.80. The van der Waals surface area contributed by atoms with Gasteiger partial charge in [-0.15, -0.1) is 0 Å². The number of aromatic nitrogens is 2. The average molecular weight is 369 g/mol. The summed E-state index contributed by atoms with van der Waals surface area (Å²) in [4.78, 5) is 31.3. The van der Waals surface area contributed by atoms with Crippen LogP contribution < -0.4 is 5.56 Å². The lowest BCUT2D eigenvalue weighted by molar-refractivity contribution is 0.0427. The molecule has 0 aliphatic carbocycles. The van der Waals surface area contributed by atoms with Crippen LogP contribution in [-0.4, -0.2) is 15.9 Å². The highest BCUT2D eigenvalue weighted by atomic mass is 35.5. The summed E-state index contributed by atoms with van der Waals surface area (Å²) in [6.07, 6.45) is 0. The lowest BCUT2D eigenvalue weighted by Crippen LogP contribution is -2.14. The van der Waals surface area contributed by atoms with E-state index in [4.69, 9.17) is 20.8 Å². The molecule has 1 N–H and O–H groups in total. The highest BCUT2D eigenvalue weighted by Gasteiger charge is 2.19. The highest BCUT2D eigenvalue weighted by Crippen LogP contribution is 2.25. The summed E-state index contributed by atoms with van der Waals surface area (Å²) < 4.78 is 10.8. The fourth-order valence-corrected chi connectivity index (χ4v) is 2.96. The van der Waals surface area contributed by atoms with Gasteiger partial charge >= 0.3 is 5.97 Å². The van der Waals surface area contributed by atoms with Crippen molar-refractivity contribution in [2.24, 2.45) is 0 Å². The van der Waals surface area contributed by atoms with Gasteiger partial charge in [0.1, 0.15) is 18.0 Å². The third-order valence-corrected chi connectivity index (χ3v) is 4.32. The minimum absolute atomic E-state index is 0.136. The Hall–Kier alpha value is -3.12. The number of benzene rings is 2. The number of furan rings is 1. The van der Waals surface area contributed by atoms with Crippen LogP contribution in [-0.2, 0) is 11.3 Å². The molecule has 0 aliphatic rings. The molecule has 0 saturated carbocycles. The van der Waals surface area contributed by atoms with Gasteiger partial charge in [-0.1, -0.05) is 29.8 Å². The van der Waals surface area contributed by atoms with Crippen molar-refractivity contribution in [1.82, 2.24) is 9.97 Å². The number of para-hydroxylation sites is 1. The number of ether oxygens (including phenoxy) is 1. The fraction of sp³-hybridized carbons (Fsp3) is 0.105. The molecule has 2 aromatic carbocycles. The zero-order valence-electron chi connectivity index (χ0n) is 13.7. The van der Waals surface area contributed by atoms with Crippen molar-refractivity contribution in [2.45, 2.75) is 13.5 Å². The number of esters is 1. The van der Waals surface area contributed by atoms with E-state index < -0.39 is 5.97 Å². The summed E-state index contributed by atoms with van der Waals surface area (Å²) in [6, 6.07) is 12.1. The predicted molar refractivity (Wildman–Crippen MR) is 97.4 cm³/mol. The second-order valence-corrected chi connectivity index (χ2v) is 6.24. The lowest BCUT2D eigenvalue weighted by atomic mass is 10.1. The predicted octanol–water partition coefficient (Wildman–Crippen LogP) is 3.99. The molecule has 0 atom stereocenters. The quantitative estimate of drug-likeness (QED) is 0.553. The van der Waals surface area contributed by atoms with E-state index >= 15 is 0 Å². The lowest BCUT2D eigenvalue weighted by Gasteiger charge is -2.05. The van der Waals surface area contributed by atoms with Gasteiger partial charge in [-0.3, -0.25) is 4.79 Å². The molecule has 6 nitrogen and oxygen atoms in total. The van der Waals surface area contributed by atoms with E-state index in [1.165, 1.54) is 0 Å². The number of halogens is 1. The molecular formula is C19H13ClN2O4. The first-order valence-electron chi connectivity index (χ1n) is 7.86. The first kappa shape index (κ1) is 16.4. The number of hydrogen-bond donors (Lipinski definition) is 1. The number of aromatic amines is 1. The monoisotopic (exact) mass is 368 g/mol. The number of hydrogen-bond acceptors (Lipinski definition) is 5. The summed E-state index contributed by atoms with van der Waals surface area (Å²) in [5.41, 5.74) is 1.44. The molecule has 0 radical (unpaired) electrons. The Morgan fingerprint density at radius 1 is 1.23 bits per heavy atom. The van der Waals surface area contributed by atoms with E-state index in [1.807, 2.05) is 18.2 Å². The van der Waals surface area contributed by atoms with Crippen molar-refractivity contribution < 1.29 is 13.9 Å². The molecule has 2 heterocycles. The van der Waals surface area contributed by atoms with Crippen molar-refractivity contribution in [3.05, 3.63) is 75.0 Å². The molecule has 26 heavy (non-hydrogen) atoms. The summed E-state index contributed by atoms with van der Waals surface area (Å²) in [5.74, 6) is -0.253. The van der Waals surface area contributed by atoms with Crippen LogP contribution in [0.2, 0.25) is 5.02 Å². The van der Waals surface area contributed by atoms with E-state index in [1.54, 1.807) is 31.2 Å².